The number of alkyl halides is 2. The van der Waals surface area contributed by atoms with Gasteiger partial charge in [-0.1, -0.05) is 24.5 Å². The van der Waals surface area contributed by atoms with E-state index in [1.54, 1.807) is 29.3 Å². The van der Waals surface area contributed by atoms with Crippen LogP contribution in [0.4, 0.5) is 8.78 Å². The Labute approximate surface area is 532 Å². The number of terminal acetylenes is 1. The van der Waals surface area contributed by atoms with Gasteiger partial charge in [0, 0.05) is 113 Å². The van der Waals surface area contributed by atoms with Crippen LogP contribution in [0.1, 0.15) is 99.4 Å². The number of halogens is 3. The zero-order valence-corrected chi connectivity index (χ0v) is 52.7. The number of hydrazone groups is 1. The van der Waals surface area contributed by atoms with Gasteiger partial charge in [0.2, 0.25) is 23.6 Å². The van der Waals surface area contributed by atoms with E-state index in [0.717, 1.165) is 53.4 Å². The van der Waals surface area contributed by atoms with E-state index in [-0.39, 0.29) is 56.3 Å². The first kappa shape index (κ1) is 71.0. The van der Waals surface area contributed by atoms with E-state index >= 15 is 0 Å². The Balaban J connectivity index is 0.934. The van der Waals surface area contributed by atoms with Crippen LogP contribution in [0, 0.1) is 21.8 Å². The molecule has 0 saturated carbocycles. The van der Waals surface area contributed by atoms with Crippen molar-refractivity contribution in [1.82, 2.24) is 55.8 Å². The molecule has 6 rings (SSSR count). The number of carboxylic acid groups (broad SMARTS) is 1. The van der Waals surface area contributed by atoms with E-state index in [4.69, 9.17) is 20.6 Å². The fraction of sp³-hybridized carbons (Fsp3) is 0.581. The van der Waals surface area contributed by atoms with Gasteiger partial charge in [0.05, 0.1) is 49.9 Å². The summed E-state index contributed by atoms with van der Waals surface area (Å²) in [5.74, 6) is -2.41. The molecule has 1 unspecified atom stereocenters. The van der Waals surface area contributed by atoms with E-state index in [9.17, 15) is 52.2 Å². The molecule has 4 heterocycles. The van der Waals surface area contributed by atoms with Gasteiger partial charge in [-0.05, 0) is 135 Å². The summed E-state index contributed by atoms with van der Waals surface area (Å²) in [5, 5.41) is 23.2. The molecule has 2 aromatic carbocycles. The van der Waals surface area contributed by atoms with E-state index in [2.05, 4.69) is 84.2 Å². The standard InChI is InChI=1S/C62H85F2IN12O12/c1-2-50-38-62(63,64)42-77(50)59(83)39-68-61(86)52-20-25-66-54-19-18-51(37-53(52)54)89-36-6-4-9-48-21-26-76(27-22-48)58(82)13-8-24-69-71-55(11-3-5-23-67-56(80)12-7-10-47-14-16-49(65)17-15-47)70-57(81)40-72-28-29-73(41-60(84)85)31-33-75(44-88-46-79)35-34-74(32-30-72)43-87-45-78/h1,14-20,24-25,37,45-46,48,50,55,71H,3-13,21-23,26-36,38-44H2,(H,67,80)(H,68,86)(H,70,81)(H,84,85)/b69-24-/t50-,55?/m0/s1. The van der Waals surface area contributed by atoms with Gasteiger partial charge in [-0.3, -0.25) is 68.4 Å². The Morgan fingerprint density at radius 2 is 1.47 bits per heavy atom. The smallest absolute Gasteiger partial charge is 0.317 e. The second kappa shape index (κ2) is 38.4. The largest absolute Gasteiger partial charge is 0.494 e. The third kappa shape index (κ3) is 26.1. The van der Waals surface area contributed by atoms with E-state index in [1.807, 2.05) is 19.6 Å². The molecule has 24 nitrogen and oxygen atoms in total. The van der Waals surface area contributed by atoms with Crippen molar-refractivity contribution in [3.8, 4) is 18.1 Å². The number of aromatic nitrogens is 1. The molecular weight excluding hydrogens is 1270 g/mol. The number of carboxylic acids is 1. The van der Waals surface area contributed by atoms with Gasteiger partial charge < -0.3 is 45.1 Å². The lowest BCUT2D eigenvalue weighted by molar-refractivity contribution is -0.139. The minimum Gasteiger partial charge on any atom is -0.494 e. The molecule has 1 aromatic heterocycles. The second-order valence-corrected chi connectivity index (χ2v) is 23.8. The van der Waals surface area contributed by atoms with E-state index < -0.39 is 55.4 Å². The number of carbonyl (C=O) groups excluding carboxylic acids is 7. The van der Waals surface area contributed by atoms with Crippen LogP contribution in [0.5, 0.6) is 5.75 Å². The molecule has 0 radical (unpaired) electrons. The maximum absolute atomic E-state index is 14.0. The summed E-state index contributed by atoms with van der Waals surface area (Å²) >= 11 is 2.26. The Bertz CT molecular complexity index is 2850. The monoisotopic (exact) mass is 1350 g/mol. The number of ether oxygens (including phenoxy) is 3. The van der Waals surface area contributed by atoms with Gasteiger partial charge in [-0.25, -0.2) is 8.78 Å². The molecule has 3 aromatic rings. The van der Waals surface area contributed by atoms with Crippen molar-refractivity contribution in [2.24, 2.45) is 11.0 Å². The molecule has 3 aliphatic heterocycles. The normalized spacial score (nSPS) is 17.8. The summed E-state index contributed by atoms with van der Waals surface area (Å²) in [5.41, 5.74) is 5.05. The van der Waals surface area contributed by atoms with Crippen molar-refractivity contribution in [3.05, 3.63) is 69.4 Å². The third-order valence-electron chi connectivity index (χ3n) is 15.9. The van der Waals surface area contributed by atoms with Crippen molar-refractivity contribution in [2.75, 3.05) is 118 Å². The van der Waals surface area contributed by atoms with Crippen LogP contribution in [-0.2, 0) is 49.5 Å². The lowest BCUT2D eigenvalue weighted by Crippen LogP contribution is -2.51. The van der Waals surface area contributed by atoms with Gasteiger partial charge in [0.15, 0.2) is 0 Å². The number of aliphatic carboxylic acids is 1. The topological polar surface area (TPSA) is 277 Å². The van der Waals surface area contributed by atoms with Crippen LogP contribution >= 0.6 is 22.6 Å². The van der Waals surface area contributed by atoms with Crippen LogP contribution in [0.15, 0.2) is 59.8 Å². The number of amides is 5. The predicted molar refractivity (Wildman–Crippen MR) is 336 cm³/mol. The lowest BCUT2D eigenvalue weighted by atomic mass is 9.91. The molecule has 3 fully saturated rings. The number of fused-ring (bicyclic) bond motifs is 1. The number of hydrogen-bond acceptors (Lipinski definition) is 18. The minimum absolute atomic E-state index is 0.00546. The number of unbranched alkanes of at least 4 members (excludes halogenated alkanes) is 2. The Morgan fingerprint density at radius 1 is 0.798 bits per heavy atom. The first-order valence-electron chi connectivity index (χ1n) is 30.5. The molecule has 27 heteroatoms. The number of aryl methyl sites for hydroxylation is 1. The number of nitrogens with one attached hydrogen (secondary N) is 4. The molecule has 3 aliphatic rings. The van der Waals surface area contributed by atoms with Crippen molar-refractivity contribution < 1.29 is 66.5 Å². The Kier molecular flexibility index (Phi) is 30.6. The SMILES string of the molecule is C#C[C@H]1CC(F)(F)CN1C(=O)CNC(=O)c1ccnc2ccc(OCCCCC3CCN(C(=O)CC/C=N\NC(CCCCNC(=O)CCCc4ccc(I)cc4)NC(=O)CN4CCN(COC=O)CCN(COC=O)CCN(CC(=O)O)CC4)CC3)cc12. The van der Waals surface area contributed by atoms with Crippen LogP contribution in [0.2, 0.25) is 0 Å². The Hall–Kier alpha value is -7.13. The summed E-state index contributed by atoms with van der Waals surface area (Å²) in [4.78, 5) is 114. The molecule has 5 amide bonds. The van der Waals surface area contributed by atoms with Crippen molar-refractivity contribution >= 4 is 88.2 Å². The summed E-state index contributed by atoms with van der Waals surface area (Å²) < 4.78 is 45.2. The van der Waals surface area contributed by atoms with E-state index in [0.29, 0.717) is 146 Å². The molecule has 486 valence electrons. The van der Waals surface area contributed by atoms with Gasteiger partial charge in [0.25, 0.3) is 24.8 Å². The maximum Gasteiger partial charge on any atom is 0.317 e. The first-order valence-corrected chi connectivity index (χ1v) is 31.6. The number of nitrogens with zero attached hydrogens (tertiary/aromatic N) is 8. The summed E-state index contributed by atoms with van der Waals surface area (Å²) in [6.07, 6.45) is 16.1. The van der Waals surface area contributed by atoms with Crippen LogP contribution in [0.25, 0.3) is 10.9 Å². The van der Waals surface area contributed by atoms with Crippen LogP contribution in [-0.4, -0.2) is 231 Å². The van der Waals surface area contributed by atoms with Crippen molar-refractivity contribution in [1.29, 1.82) is 0 Å². The van der Waals surface area contributed by atoms with Crippen molar-refractivity contribution in [2.45, 2.75) is 108 Å². The quantitative estimate of drug-likeness (QED) is 0.0108. The first-order chi connectivity index (χ1) is 43.0. The van der Waals surface area contributed by atoms with Crippen LogP contribution in [0.3, 0.4) is 0 Å². The Morgan fingerprint density at radius 3 is 2.13 bits per heavy atom. The summed E-state index contributed by atoms with van der Waals surface area (Å²) in [7, 11) is 0. The number of carbonyl (C=O) groups is 8. The molecule has 2 atom stereocenters. The highest BCUT2D eigenvalue weighted by Gasteiger charge is 2.46. The molecule has 5 N–H and O–H groups in total. The molecular formula is C62H85F2IN12O12. The zero-order valence-electron chi connectivity index (χ0n) is 50.5. The lowest BCUT2D eigenvalue weighted by Gasteiger charge is -2.33. The van der Waals surface area contributed by atoms with Crippen molar-refractivity contribution in [3.63, 3.8) is 0 Å². The molecule has 3 saturated heterocycles. The average molecular weight is 1360 g/mol. The number of rotatable bonds is 34. The third-order valence-corrected chi connectivity index (χ3v) is 16.6. The summed E-state index contributed by atoms with van der Waals surface area (Å²) in [6.45, 7) is 4.49. The summed E-state index contributed by atoms with van der Waals surface area (Å²) in [6, 6.07) is 13.9. The predicted octanol–water partition coefficient (Wildman–Crippen LogP) is 3.90. The molecule has 0 spiro atoms. The second-order valence-electron chi connectivity index (χ2n) is 22.5. The fourth-order valence-corrected chi connectivity index (χ4v) is 11.2. The fourth-order valence-electron chi connectivity index (χ4n) is 10.9. The highest BCUT2D eigenvalue weighted by atomic mass is 127. The zero-order chi connectivity index (χ0) is 63.8. The van der Waals surface area contributed by atoms with E-state index in [1.165, 1.54) is 17.8 Å². The molecule has 0 aliphatic carbocycles. The number of likely N-dealkylation sites (tertiary alicyclic amines) is 2. The average Bonchev–Trinajstić information content (AvgIpc) is 2.10. The molecule has 89 heavy (non-hydrogen) atoms. The number of hydrogen-bond donors (Lipinski definition) is 5. The van der Waals surface area contributed by atoms with Crippen LogP contribution < -0.4 is 26.1 Å². The minimum atomic E-state index is -3.09. The number of piperidine rings is 1. The highest BCUT2D eigenvalue weighted by Crippen LogP contribution is 2.32. The number of pyridine rings is 1. The van der Waals surface area contributed by atoms with Gasteiger partial charge >= 0.3 is 5.97 Å². The highest BCUT2D eigenvalue weighted by molar-refractivity contribution is 14.1. The van der Waals surface area contributed by atoms with Gasteiger partial charge in [0.1, 0.15) is 25.4 Å². The van der Waals surface area contributed by atoms with Gasteiger partial charge in [-0.2, -0.15) is 5.10 Å². The molecule has 0 bridgehead atoms. The number of benzene rings is 2. The van der Waals surface area contributed by atoms with Gasteiger partial charge in [-0.15, -0.1) is 6.42 Å². The maximum atomic E-state index is 14.0.